The molecule has 11 heteroatoms. The Balaban J connectivity index is 1.33. The molecule has 0 spiro atoms. The van der Waals surface area contributed by atoms with Crippen LogP contribution in [0.4, 0.5) is 13.2 Å². The smallest absolute Gasteiger partial charge is 0.339 e. The van der Waals surface area contributed by atoms with E-state index < -0.39 is 24.0 Å². The normalized spacial score (nSPS) is 28.2. The highest BCUT2D eigenvalue weighted by atomic mass is 19.4. The fourth-order valence-electron chi connectivity index (χ4n) is 5.45. The van der Waals surface area contributed by atoms with Crippen LogP contribution in [0.25, 0.3) is 0 Å². The molecule has 3 atom stereocenters. The Morgan fingerprint density at radius 2 is 2.00 bits per heavy atom. The summed E-state index contributed by atoms with van der Waals surface area (Å²) >= 11 is 0. The number of aromatic amines is 1. The zero-order valence-corrected chi connectivity index (χ0v) is 17.9. The lowest BCUT2D eigenvalue weighted by Gasteiger charge is -2.26. The van der Waals surface area contributed by atoms with Gasteiger partial charge in [-0.05, 0) is 50.5 Å². The molecule has 2 unspecified atom stereocenters. The number of nitrogens with one attached hydrogen (secondary N) is 3. The van der Waals surface area contributed by atoms with E-state index in [1.54, 1.807) is 11.9 Å². The molecule has 2 aliphatic heterocycles. The number of carbonyl (C=O) groups excluding carboxylic acids is 2. The van der Waals surface area contributed by atoms with Crippen LogP contribution in [0.3, 0.4) is 0 Å². The van der Waals surface area contributed by atoms with Gasteiger partial charge in [-0.1, -0.05) is 6.42 Å². The zero-order valence-electron chi connectivity index (χ0n) is 17.9. The summed E-state index contributed by atoms with van der Waals surface area (Å²) < 4.78 is 39.7. The van der Waals surface area contributed by atoms with Crippen molar-refractivity contribution in [2.45, 2.75) is 69.6 Å². The van der Waals surface area contributed by atoms with E-state index in [0.717, 1.165) is 31.5 Å². The van der Waals surface area contributed by atoms with E-state index >= 15 is 0 Å². The number of hydrogen-bond donors (Lipinski definition) is 3. The number of aryl methyl sites for hydroxylation is 1. The third-order valence-electron chi connectivity index (χ3n) is 7.18. The minimum Gasteiger partial charge on any atom is -0.339 e. The summed E-state index contributed by atoms with van der Waals surface area (Å²) in [6.07, 6.45) is 0.218. The molecule has 174 valence electrons. The molecular weight excluding hydrogens is 425 g/mol. The van der Waals surface area contributed by atoms with Gasteiger partial charge in [0.25, 0.3) is 11.8 Å². The first-order chi connectivity index (χ1) is 15.2. The van der Waals surface area contributed by atoms with Gasteiger partial charge in [-0.2, -0.15) is 18.3 Å². The standard InChI is InChI=1S/C21H27F3N6O2/c1-29-19-12-4-2-3-5-15(12)28-30(19)9-8-16(20(29)32)25-18(31)17-13-10-11(21(22,23)24)6-7-14(13)26-27-17/h11,15-16,28H,2-10H2,1H3,(H,25,31)(H,26,27)/t11-,15?,16?/m0/s1. The van der Waals surface area contributed by atoms with Crippen molar-refractivity contribution in [3.8, 4) is 0 Å². The fourth-order valence-corrected chi connectivity index (χ4v) is 5.45. The second-order valence-electron chi connectivity index (χ2n) is 9.15. The number of nitrogens with zero attached hydrogens (tertiary/aromatic N) is 3. The van der Waals surface area contributed by atoms with Crippen molar-refractivity contribution in [1.82, 2.24) is 30.8 Å². The molecule has 1 aromatic heterocycles. The quantitative estimate of drug-likeness (QED) is 0.639. The van der Waals surface area contributed by atoms with Crippen molar-refractivity contribution in [1.29, 1.82) is 0 Å². The molecule has 0 radical (unpaired) electrons. The van der Waals surface area contributed by atoms with Gasteiger partial charge in [-0.15, -0.1) is 0 Å². The third kappa shape index (κ3) is 3.56. The molecule has 0 bridgehead atoms. The van der Waals surface area contributed by atoms with Gasteiger partial charge < -0.3 is 5.32 Å². The summed E-state index contributed by atoms with van der Waals surface area (Å²) in [7, 11) is 1.71. The molecular formula is C21H27F3N6O2. The fraction of sp³-hybridized carbons (Fsp3) is 0.667. The highest BCUT2D eigenvalue weighted by Crippen LogP contribution is 2.38. The summed E-state index contributed by atoms with van der Waals surface area (Å²) in [5.74, 6) is -1.45. The van der Waals surface area contributed by atoms with Gasteiger partial charge in [0.1, 0.15) is 11.9 Å². The van der Waals surface area contributed by atoms with Crippen LogP contribution in [-0.2, 0) is 17.6 Å². The van der Waals surface area contributed by atoms with E-state index in [9.17, 15) is 22.8 Å². The van der Waals surface area contributed by atoms with E-state index in [2.05, 4.69) is 20.9 Å². The highest BCUT2D eigenvalue weighted by molar-refractivity contribution is 5.97. The van der Waals surface area contributed by atoms with Crippen LogP contribution in [0.5, 0.6) is 0 Å². The predicted octanol–water partition coefficient (Wildman–Crippen LogP) is 2.01. The molecule has 2 aliphatic carbocycles. The van der Waals surface area contributed by atoms with E-state index in [0.29, 0.717) is 24.2 Å². The lowest BCUT2D eigenvalue weighted by molar-refractivity contribution is -0.177. The molecule has 2 amide bonds. The molecule has 1 saturated heterocycles. The number of fused-ring (bicyclic) bond motifs is 3. The summed E-state index contributed by atoms with van der Waals surface area (Å²) in [6.45, 7) is 0.547. The van der Waals surface area contributed by atoms with Crippen molar-refractivity contribution >= 4 is 11.8 Å². The maximum Gasteiger partial charge on any atom is 0.392 e. The Morgan fingerprint density at radius 1 is 1.19 bits per heavy atom. The lowest BCUT2D eigenvalue weighted by atomic mass is 9.86. The Kier molecular flexibility index (Phi) is 5.18. The molecule has 0 aromatic carbocycles. The number of amides is 2. The van der Waals surface area contributed by atoms with Crippen molar-refractivity contribution in [2.75, 3.05) is 13.6 Å². The van der Waals surface area contributed by atoms with E-state index in [1.165, 1.54) is 5.57 Å². The van der Waals surface area contributed by atoms with Crippen LogP contribution < -0.4 is 10.7 Å². The van der Waals surface area contributed by atoms with Crippen LogP contribution in [0.15, 0.2) is 11.4 Å². The number of H-pyrrole nitrogens is 1. The minimum atomic E-state index is -4.31. The van der Waals surface area contributed by atoms with Gasteiger partial charge in [0, 0.05) is 24.8 Å². The molecule has 32 heavy (non-hydrogen) atoms. The van der Waals surface area contributed by atoms with Crippen molar-refractivity contribution in [3.63, 3.8) is 0 Å². The first-order valence-electron chi connectivity index (χ1n) is 11.2. The second kappa shape index (κ2) is 7.79. The number of carbonyl (C=O) groups is 2. The second-order valence-corrected chi connectivity index (χ2v) is 9.15. The number of alkyl halides is 3. The molecule has 5 rings (SSSR count). The number of halogens is 3. The van der Waals surface area contributed by atoms with Gasteiger partial charge in [0.05, 0.1) is 12.0 Å². The van der Waals surface area contributed by atoms with E-state index in [1.807, 2.05) is 5.01 Å². The van der Waals surface area contributed by atoms with Gasteiger partial charge in [-0.3, -0.25) is 24.6 Å². The Morgan fingerprint density at radius 3 is 2.78 bits per heavy atom. The summed E-state index contributed by atoms with van der Waals surface area (Å²) in [4.78, 5) is 27.7. The largest absolute Gasteiger partial charge is 0.392 e. The van der Waals surface area contributed by atoms with E-state index in [-0.39, 0.29) is 36.9 Å². The van der Waals surface area contributed by atoms with Crippen LogP contribution in [0, 0.1) is 5.92 Å². The van der Waals surface area contributed by atoms with Crippen molar-refractivity contribution in [3.05, 3.63) is 28.3 Å². The molecule has 3 heterocycles. The van der Waals surface area contributed by atoms with Gasteiger partial charge in [-0.25, -0.2) is 5.43 Å². The van der Waals surface area contributed by atoms with Crippen LogP contribution in [-0.4, -0.2) is 63.8 Å². The molecule has 8 nitrogen and oxygen atoms in total. The monoisotopic (exact) mass is 452 g/mol. The maximum absolute atomic E-state index is 13.2. The Bertz CT molecular complexity index is 971. The summed E-state index contributed by atoms with van der Waals surface area (Å²) in [5.41, 5.74) is 5.55. The number of likely N-dealkylation sites (N-methyl/N-ethyl adjacent to an activating group) is 1. The van der Waals surface area contributed by atoms with E-state index in [4.69, 9.17) is 0 Å². The first-order valence-corrected chi connectivity index (χ1v) is 11.2. The highest BCUT2D eigenvalue weighted by Gasteiger charge is 2.44. The lowest BCUT2D eigenvalue weighted by Crippen LogP contribution is -2.46. The minimum absolute atomic E-state index is 0.0209. The van der Waals surface area contributed by atoms with Crippen molar-refractivity contribution in [2.24, 2.45) is 5.92 Å². The van der Waals surface area contributed by atoms with Crippen LogP contribution >= 0.6 is 0 Å². The Labute approximate surface area is 183 Å². The van der Waals surface area contributed by atoms with Gasteiger partial charge in [0.2, 0.25) is 0 Å². The van der Waals surface area contributed by atoms with Crippen LogP contribution in [0.2, 0.25) is 0 Å². The number of rotatable bonds is 2. The summed E-state index contributed by atoms with van der Waals surface area (Å²) in [5, 5.41) is 11.4. The Hall–Kier alpha value is -2.56. The first kappa shape index (κ1) is 21.3. The zero-order chi connectivity index (χ0) is 22.6. The maximum atomic E-state index is 13.2. The summed E-state index contributed by atoms with van der Waals surface area (Å²) in [6, 6.07) is -0.512. The molecule has 2 fully saturated rings. The SMILES string of the molecule is CN1C(=O)C(NC(=O)c2n[nH]c3c2C[C@@H](C(F)(F)F)CC3)CCN2NC3CCCCC3=C21. The van der Waals surface area contributed by atoms with Gasteiger partial charge >= 0.3 is 6.18 Å². The predicted molar refractivity (Wildman–Crippen MR) is 108 cm³/mol. The average Bonchev–Trinajstić information content (AvgIpc) is 3.32. The molecule has 1 aromatic rings. The number of aromatic nitrogens is 2. The van der Waals surface area contributed by atoms with Crippen molar-refractivity contribution < 1.29 is 22.8 Å². The van der Waals surface area contributed by atoms with Crippen LogP contribution in [0.1, 0.15) is 60.3 Å². The topological polar surface area (TPSA) is 93.4 Å². The number of hydrazine groups is 1. The third-order valence-corrected chi connectivity index (χ3v) is 7.18. The molecule has 1 saturated carbocycles. The molecule has 4 aliphatic rings. The van der Waals surface area contributed by atoms with Gasteiger partial charge in [0.15, 0.2) is 5.69 Å². The average molecular weight is 452 g/mol. The number of hydrogen-bond acceptors (Lipinski definition) is 5. The molecule has 3 N–H and O–H groups in total.